The number of alkyl halides is 5. The molecule has 0 aliphatic carbocycles. The van der Waals surface area contributed by atoms with Gasteiger partial charge in [-0.25, -0.2) is 4.79 Å². The van der Waals surface area contributed by atoms with Gasteiger partial charge >= 0.3 is 18.2 Å². The van der Waals surface area contributed by atoms with E-state index in [4.69, 9.17) is 21.1 Å². The Hall–Kier alpha value is -5.25. The van der Waals surface area contributed by atoms with Crippen molar-refractivity contribution < 1.29 is 55.4 Å². The van der Waals surface area contributed by atoms with Crippen LogP contribution in [0.1, 0.15) is 62.9 Å². The fraction of sp³-hybridized carbons (Fsp3) is 0.395. The van der Waals surface area contributed by atoms with Crippen molar-refractivity contribution in [2.24, 2.45) is 5.92 Å². The SMILES string of the molecule is COc1ccc([C@H](NC(=O)[C@H](Cc2ccc(CNC(=O)OC(C)(C)C)cc2)NC(=O)C(F)(F)c2cccc(Cl)c2)C(=O)N[C@H](C(=O)C(F)(F)F)C(C)C)cc1. The van der Waals surface area contributed by atoms with Crippen molar-refractivity contribution in [3.63, 3.8) is 0 Å². The van der Waals surface area contributed by atoms with E-state index in [0.717, 1.165) is 12.1 Å². The van der Waals surface area contributed by atoms with E-state index in [0.29, 0.717) is 16.9 Å². The van der Waals surface area contributed by atoms with Crippen molar-refractivity contribution >= 4 is 41.2 Å². The topological polar surface area (TPSA) is 152 Å². The molecule has 4 N–H and O–H groups in total. The van der Waals surface area contributed by atoms with Gasteiger partial charge in [-0.15, -0.1) is 0 Å². The highest BCUT2D eigenvalue weighted by molar-refractivity contribution is 6.30. The minimum Gasteiger partial charge on any atom is -0.497 e. The van der Waals surface area contributed by atoms with Crippen molar-refractivity contribution in [3.05, 3.63) is 100 Å². The second kappa shape index (κ2) is 18.4. The molecule has 0 spiro atoms. The average Bonchev–Trinajstić information content (AvgIpc) is 3.10. The van der Waals surface area contributed by atoms with E-state index in [9.17, 15) is 37.1 Å². The van der Waals surface area contributed by atoms with Crippen molar-refractivity contribution in [1.82, 2.24) is 21.3 Å². The smallest absolute Gasteiger partial charge is 0.452 e. The normalized spacial score (nSPS) is 13.5. The molecule has 0 unspecified atom stereocenters. The molecule has 0 heterocycles. The molecule has 3 aromatic carbocycles. The molecular weight excluding hydrogens is 755 g/mol. The van der Waals surface area contributed by atoms with Gasteiger partial charge in [0, 0.05) is 23.6 Å². The maximum Gasteiger partial charge on any atom is 0.452 e. The van der Waals surface area contributed by atoms with Crippen LogP contribution in [0.15, 0.2) is 72.8 Å². The molecule has 0 saturated carbocycles. The van der Waals surface area contributed by atoms with Crippen LogP contribution in [-0.4, -0.2) is 60.6 Å². The number of hydrogen-bond acceptors (Lipinski definition) is 7. The summed E-state index contributed by atoms with van der Waals surface area (Å²) in [4.78, 5) is 65.1. The molecule has 55 heavy (non-hydrogen) atoms. The van der Waals surface area contributed by atoms with Gasteiger partial charge in [0.15, 0.2) is 0 Å². The molecule has 298 valence electrons. The van der Waals surface area contributed by atoms with Crippen LogP contribution in [0.2, 0.25) is 5.02 Å². The minimum atomic E-state index is -5.30. The number of amides is 4. The van der Waals surface area contributed by atoms with Crippen LogP contribution in [0.5, 0.6) is 5.75 Å². The highest BCUT2D eigenvalue weighted by atomic mass is 35.5. The maximum atomic E-state index is 15.5. The first kappa shape index (κ1) is 44.1. The van der Waals surface area contributed by atoms with Crippen molar-refractivity contribution in [2.45, 2.75) is 83.4 Å². The molecule has 17 heteroatoms. The van der Waals surface area contributed by atoms with Crippen molar-refractivity contribution in [2.75, 3.05) is 7.11 Å². The number of Topliss-reactive ketones (excluding diaryl/α,β-unsaturated/α-hetero) is 1. The van der Waals surface area contributed by atoms with E-state index in [1.54, 1.807) is 32.9 Å². The van der Waals surface area contributed by atoms with Gasteiger partial charge in [-0.3, -0.25) is 19.2 Å². The minimum absolute atomic E-state index is 0.0183. The summed E-state index contributed by atoms with van der Waals surface area (Å²) in [5.74, 6) is -11.4. The van der Waals surface area contributed by atoms with Crippen molar-refractivity contribution in [3.8, 4) is 5.75 Å². The fourth-order valence-electron chi connectivity index (χ4n) is 5.08. The number of rotatable bonds is 15. The Morgan fingerprint density at radius 2 is 1.38 bits per heavy atom. The van der Waals surface area contributed by atoms with Crippen LogP contribution in [0, 0.1) is 5.92 Å². The van der Waals surface area contributed by atoms with Gasteiger partial charge in [-0.05, 0) is 67.6 Å². The van der Waals surface area contributed by atoms with Crippen LogP contribution in [0.25, 0.3) is 0 Å². The van der Waals surface area contributed by atoms with Crippen molar-refractivity contribution in [1.29, 1.82) is 0 Å². The zero-order chi connectivity index (χ0) is 41.3. The fourth-order valence-corrected chi connectivity index (χ4v) is 5.27. The molecule has 4 amide bonds. The molecule has 0 aromatic heterocycles. The van der Waals surface area contributed by atoms with E-state index in [1.807, 2.05) is 5.32 Å². The van der Waals surface area contributed by atoms with Gasteiger partial charge < -0.3 is 30.7 Å². The maximum absolute atomic E-state index is 15.5. The van der Waals surface area contributed by atoms with Gasteiger partial charge in [0.25, 0.3) is 11.7 Å². The van der Waals surface area contributed by atoms with Crippen LogP contribution in [0.3, 0.4) is 0 Å². The highest BCUT2D eigenvalue weighted by Crippen LogP contribution is 2.30. The zero-order valence-electron chi connectivity index (χ0n) is 30.8. The number of ether oxygens (including phenoxy) is 2. The van der Waals surface area contributed by atoms with Gasteiger partial charge in [0.1, 0.15) is 23.4 Å². The standard InChI is InChI=1S/C38H42ClF5N4O7/c1-21(2)29(31(49)38(42,43)44)47-33(51)30(24-14-16-27(54-6)17-15-24)48-32(50)28(46-34(52)37(40,41)25-8-7-9-26(39)19-25)18-22-10-12-23(13-11-22)20-45-35(53)55-36(3,4)5/h7-17,19,21,28-30H,18,20H2,1-6H3,(H,45,53)(H,46,52)(H,47,51)(H,48,50)/t28-,29-,30-/m0/s1. The van der Waals surface area contributed by atoms with E-state index < -0.39 is 83.3 Å². The third-order valence-electron chi connectivity index (χ3n) is 7.92. The zero-order valence-corrected chi connectivity index (χ0v) is 31.5. The van der Waals surface area contributed by atoms with Gasteiger partial charge in [-0.2, -0.15) is 22.0 Å². The molecule has 3 atom stereocenters. The van der Waals surface area contributed by atoms with Crippen LogP contribution >= 0.6 is 11.6 Å². The Morgan fingerprint density at radius 3 is 1.91 bits per heavy atom. The average molecular weight is 797 g/mol. The Morgan fingerprint density at radius 1 is 0.782 bits per heavy atom. The first-order chi connectivity index (χ1) is 25.5. The molecule has 3 aromatic rings. The van der Waals surface area contributed by atoms with E-state index in [2.05, 4.69) is 16.0 Å². The second-order valence-electron chi connectivity index (χ2n) is 13.8. The number of alkyl carbamates (subject to hydrolysis) is 1. The molecule has 0 aliphatic heterocycles. The third kappa shape index (κ3) is 12.9. The summed E-state index contributed by atoms with van der Waals surface area (Å²) in [5, 5.41) is 8.95. The quantitative estimate of drug-likeness (QED) is 0.131. The number of hydrogen-bond donors (Lipinski definition) is 4. The van der Waals surface area contributed by atoms with E-state index in [-0.39, 0.29) is 17.1 Å². The van der Waals surface area contributed by atoms with Gasteiger partial charge in [0.2, 0.25) is 11.8 Å². The number of halogens is 6. The lowest BCUT2D eigenvalue weighted by molar-refractivity contribution is -0.175. The second-order valence-corrected chi connectivity index (χ2v) is 14.2. The number of carbonyl (C=O) groups excluding carboxylic acids is 5. The summed E-state index contributed by atoms with van der Waals surface area (Å²) in [6, 6.07) is 10.3. The molecule has 0 saturated heterocycles. The lowest BCUT2D eigenvalue weighted by atomic mass is 9.97. The third-order valence-corrected chi connectivity index (χ3v) is 8.15. The number of benzene rings is 3. The largest absolute Gasteiger partial charge is 0.497 e. The molecule has 0 aliphatic rings. The highest BCUT2D eigenvalue weighted by Gasteiger charge is 2.46. The van der Waals surface area contributed by atoms with Gasteiger partial charge in [0.05, 0.1) is 13.2 Å². The predicted octanol–water partition coefficient (Wildman–Crippen LogP) is 6.32. The summed E-state index contributed by atoms with van der Waals surface area (Å²) in [6.07, 6.45) is -6.39. The first-order valence-electron chi connectivity index (χ1n) is 16.9. The number of carbonyl (C=O) groups is 5. The molecular formula is C38H42ClF5N4O7. The number of nitrogens with one attached hydrogen (secondary N) is 4. The predicted molar refractivity (Wildman–Crippen MR) is 192 cm³/mol. The molecule has 0 fully saturated rings. The Balaban J connectivity index is 1.98. The lowest BCUT2D eigenvalue weighted by Crippen LogP contribution is -2.56. The number of ketones is 1. The van der Waals surface area contributed by atoms with E-state index >= 15 is 8.78 Å². The van der Waals surface area contributed by atoms with Gasteiger partial charge in [-0.1, -0.05) is 74.0 Å². The van der Waals surface area contributed by atoms with E-state index in [1.165, 1.54) is 69.5 Å². The summed E-state index contributed by atoms with van der Waals surface area (Å²) >= 11 is 5.88. The molecule has 0 radical (unpaired) electrons. The van der Waals surface area contributed by atoms with Crippen LogP contribution in [0.4, 0.5) is 26.7 Å². The van der Waals surface area contributed by atoms with Crippen LogP contribution in [-0.2, 0) is 42.8 Å². The van der Waals surface area contributed by atoms with Crippen LogP contribution < -0.4 is 26.0 Å². The molecule has 3 rings (SSSR count). The lowest BCUT2D eigenvalue weighted by Gasteiger charge is -2.28. The molecule has 0 bridgehead atoms. The first-order valence-corrected chi connectivity index (χ1v) is 17.2. The Labute approximate surface area is 319 Å². The number of methoxy groups -OCH3 is 1. The summed E-state index contributed by atoms with van der Waals surface area (Å²) in [7, 11) is 1.35. The Kier molecular flexibility index (Phi) is 14.8. The monoisotopic (exact) mass is 796 g/mol. The summed E-state index contributed by atoms with van der Waals surface area (Å²) < 4.78 is 81.6. The summed E-state index contributed by atoms with van der Waals surface area (Å²) in [6.45, 7) is 7.69. The summed E-state index contributed by atoms with van der Waals surface area (Å²) in [5.41, 5.74) is -0.556. The molecule has 11 nitrogen and oxygen atoms in total. The Bertz CT molecular complexity index is 1830.